The number of piperazine rings is 1. The highest BCUT2D eigenvalue weighted by Gasteiger charge is 2.29. The van der Waals surface area contributed by atoms with E-state index in [4.69, 9.17) is 4.74 Å². The predicted octanol–water partition coefficient (Wildman–Crippen LogP) is 1.74. The molecule has 0 bridgehead atoms. The van der Waals surface area contributed by atoms with Gasteiger partial charge in [0.15, 0.2) is 0 Å². The zero-order valence-electron chi connectivity index (χ0n) is 11.3. The van der Waals surface area contributed by atoms with Crippen LogP contribution in [0.15, 0.2) is 24.3 Å². The van der Waals surface area contributed by atoms with Gasteiger partial charge in [-0.05, 0) is 5.56 Å². The molecule has 0 radical (unpaired) electrons. The lowest BCUT2D eigenvalue weighted by Gasteiger charge is -2.33. The number of carbonyl (C=O) groups excluding carboxylic acids is 1. The molecule has 4 nitrogen and oxygen atoms in total. The number of nitrogens with zero attached hydrogens (tertiary/aromatic N) is 1. The molecule has 20 heavy (non-hydrogen) atoms. The van der Waals surface area contributed by atoms with Crippen molar-refractivity contribution in [1.82, 2.24) is 10.2 Å². The van der Waals surface area contributed by atoms with E-state index in [1.54, 1.807) is 12.1 Å². The summed E-state index contributed by atoms with van der Waals surface area (Å²) in [6, 6.07) is 5.33. The van der Waals surface area contributed by atoms with Gasteiger partial charge in [-0.15, -0.1) is 0 Å². The number of ether oxygens (including phenoxy) is 1. The normalized spacial score (nSPS) is 18.0. The molecule has 1 saturated heterocycles. The molecule has 110 valence electrons. The average Bonchev–Trinajstić information content (AvgIpc) is 2.49. The zero-order valence-corrected chi connectivity index (χ0v) is 11.3. The topological polar surface area (TPSA) is 41.6 Å². The van der Waals surface area contributed by atoms with Crippen molar-refractivity contribution in [3.63, 3.8) is 0 Å². The molecule has 0 spiro atoms. The molecule has 2 rings (SSSR count). The summed E-state index contributed by atoms with van der Waals surface area (Å²) in [6.45, 7) is 3.03. The van der Waals surface area contributed by atoms with Gasteiger partial charge in [0.25, 0.3) is 6.43 Å². The smallest absolute Gasteiger partial charge is 0.327 e. The lowest BCUT2D eigenvalue weighted by molar-refractivity contribution is -0.147. The van der Waals surface area contributed by atoms with Gasteiger partial charge in [-0.1, -0.05) is 24.3 Å². The molecule has 0 aromatic heterocycles. The molecule has 1 aliphatic heterocycles. The number of carbonyl (C=O) groups is 1. The Kier molecular flexibility index (Phi) is 5.03. The summed E-state index contributed by atoms with van der Waals surface area (Å²) in [6.07, 6.45) is -2.50. The first-order valence-corrected chi connectivity index (χ1v) is 6.54. The molecule has 6 heteroatoms. The largest absolute Gasteiger partial charge is 0.468 e. The van der Waals surface area contributed by atoms with Crippen molar-refractivity contribution >= 4 is 5.97 Å². The lowest BCUT2D eigenvalue weighted by Crippen LogP contribution is -2.47. The second-order valence-corrected chi connectivity index (χ2v) is 4.68. The SMILES string of the molecule is COC(=O)C(c1ccc(C(F)F)cc1)N1CCNCC1. The fourth-order valence-electron chi connectivity index (χ4n) is 2.37. The van der Waals surface area contributed by atoms with Crippen LogP contribution in [0.25, 0.3) is 0 Å². The van der Waals surface area contributed by atoms with Crippen molar-refractivity contribution in [2.75, 3.05) is 33.3 Å². The third-order valence-corrected chi connectivity index (χ3v) is 3.45. The Bertz CT molecular complexity index is 445. The van der Waals surface area contributed by atoms with Gasteiger partial charge in [-0.2, -0.15) is 0 Å². The van der Waals surface area contributed by atoms with Gasteiger partial charge < -0.3 is 10.1 Å². The predicted molar refractivity (Wildman–Crippen MR) is 70.6 cm³/mol. The number of esters is 1. The number of hydrogen-bond acceptors (Lipinski definition) is 4. The van der Waals surface area contributed by atoms with Gasteiger partial charge in [0, 0.05) is 31.7 Å². The summed E-state index contributed by atoms with van der Waals surface area (Å²) in [5.74, 6) is -0.364. The number of nitrogens with one attached hydrogen (secondary N) is 1. The Morgan fingerprint density at radius 2 is 1.75 bits per heavy atom. The second kappa shape index (κ2) is 6.76. The van der Waals surface area contributed by atoms with Crippen LogP contribution in [0.1, 0.15) is 23.6 Å². The Labute approximate surface area is 116 Å². The van der Waals surface area contributed by atoms with Crippen LogP contribution < -0.4 is 5.32 Å². The Morgan fingerprint density at radius 3 is 2.25 bits per heavy atom. The van der Waals surface area contributed by atoms with Crippen LogP contribution >= 0.6 is 0 Å². The summed E-state index contributed by atoms with van der Waals surface area (Å²) >= 11 is 0. The molecule has 1 unspecified atom stereocenters. The van der Waals surface area contributed by atoms with E-state index in [2.05, 4.69) is 5.32 Å². The lowest BCUT2D eigenvalue weighted by atomic mass is 10.0. The fourth-order valence-corrected chi connectivity index (χ4v) is 2.37. The minimum absolute atomic E-state index is 0.0438. The van der Waals surface area contributed by atoms with Crippen LogP contribution in [0.4, 0.5) is 8.78 Å². The van der Waals surface area contributed by atoms with Gasteiger partial charge in [-0.25, -0.2) is 13.6 Å². The van der Waals surface area contributed by atoms with E-state index in [9.17, 15) is 13.6 Å². The van der Waals surface area contributed by atoms with Gasteiger partial charge in [0.2, 0.25) is 0 Å². The molecule has 1 N–H and O–H groups in total. The Balaban J connectivity index is 2.23. The number of benzene rings is 1. The minimum Gasteiger partial charge on any atom is -0.468 e. The quantitative estimate of drug-likeness (QED) is 0.855. The van der Waals surface area contributed by atoms with E-state index in [1.165, 1.54) is 19.2 Å². The third kappa shape index (κ3) is 3.32. The maximum Gasteiger partial charge on any atom is 0.327 e. The Hall–Kier alpha value is -1.53. The van der Waals surface area contributed by atoms with Crippen molar-refractivity contribution in [3.8, 4) is 0 Å². The zero-order chi connectivity index (χ0) is 14.5. The maximum absolute atomic E-state index is 12.6. The number of hydrogen-bond donors (Lipinski definition) is 1. The molecular formula is C14H18F2N2O2. The number of methoxy groups -OCH3 is 1. The van der Waals surface area contributed by atoms with E-state index in [-0.39, 0.29) is 11.5 Å². The van der Waals surface area contributed by atoms with Crippen LogP contribution in [0.3, 0.4) is 0 Å². The highest BCUT2D eigenvalue weighted by atomic mass is 19.3. The van der Waals surface area contributed by atoms with E-state index < -0.39 is 12.5 Å². The van der Waals surface area contributed by atoms with Gasteiger partial charge in [0.05, 0.1) is 7.11 Å². The average molecular weight is 284 g/mol. The summed E-state index contributed by atoms with van der Waals surface area (Å²) in [5.41, 5.74) is 0.640. The summed E-state index contributed by atoms with van der Waals surface area (Å²) in [5, 5.41) is 3.21. The molecule has 0 saturated carbocycles. The molecule has 1 aromatic carbocycles. The maximum atomic E-state index is 12.6. The van der Waals surface area contributed by atoms with Crippen molar-refractivity contribution in [1.29, 1.82) is 0 Å². The number of alkyl halides is 2. The first-order chi connectivity index (χ1) is 9.63. The molecule has 0 aliphatic carbocycles. The van der Waals surface area contributed by atoms with E-state index in [0.29, 0.717) is 5.56 Å². The standard InChI is InChI=1S/C14H18F2N2O2/c1-20-14(19)12(18-8-6-17-7-9-18)10-2-4-11(5-3-10)13(15)16/h2-5,12-13,17H,6-9H2,1H3. The monoisotopic (exact) mass is 284 g/mol. The van der Waals surface area contributed by atoms with Crippen molar-refractivity contribution in [2.24, 2.45) is 0 Å². The minimum atomic E-state index is -2.50. The molecule has 1 fully saturated rings. The molecule has 0 amide bonds. The number of halogens is 2. The molecule has 1 atom stereocenters. The highest BCUT2D eigenvalue weighted by Crippen LogP contribution is 2.25. The van der Waals surface area contributed by atoms with Crippen LogP contribution in [-0.2, 0) is 9.53 Å². The summed E-state index contributed by atoms with van der Waals surface area (Å²) in [4.78, 5) is 14.0. The Morgan fingerprint density at radius 1 is 1.20 bits per heavy atom. The molecule has 1 heterocycles. The highest BCUT2D eigenvalue weighted by molar-refractivity contribution is 5.77. The van der Waals surface area contributed by atoms with E-state index in [1.807, 2.05) is 4.90 Å². The van der Waals surface area contributed by atoms with Gasteiger partial charge >= 0.3 is 5.97 Å². The van der Waals surface area contributed by atoms with Crippen LogP contribution in [-0.4, -0.2) is 44.2 Å². The van der Waals surface area contributed by atoms with E-state index in [0.717, 1.165) is 26.2 Å². The van der Waals surface area contributed by atoms with Crippen molar-refractivity contribution in [2.45, 2.75) is 12.5 Å². The van der Waals surface area contributed by atoms with Gasteiger partial charge in [-0.3, -0.25) is 4.90 Å². The first-order valence-electron chi connectivity index (χ1n) is 6.54. The summed E-state index contributed by atoms with van der Waals surface area (Å²) < 4.78 is 30.0. The second-order valence-electron chi connectivity index (χ2n) is 4.68. The fraction of sp³-hybridized carbons (Fsp3) is 0.500. The van der Waals surface area contributed by atoms with Gasteiger partial charge in [0.1, 0.15) is 6.04 Å². The van der Waals surface area contributed by atoms with Crippen LogP contribution in [0, 0.1) is 0 Å². The van der Waals surface area contributed by atoms with E-state index >= 15 is 0 Å². The van der Waals surface area contributed by atoms with Crippen LogP contribution in [0.2, 0.25) is 0 Å². The number of rotatable bonds is 4. The molecular weight excluding hydrogens is 266 g/mol. The summed E-state index contributed by atoms with van der Waals surface area (Å²) in [7, 11) is 1.34. The van der Waals surface area contributed by atoms with Crippen molar-refractivity contribution < 1.29 is 18.3 Å². The first kappa shape index (κ1) is 14.9. The van der Waals surface area contributed by atoms with Crippen molar-refractivity contribution in [3.05, 3.63) is 35.4 Å². The van der Waals surface area contributed by atoms with Crippen LogP contribution in [0.5, 0.6) is 0 Å². The third-order valence-electron chi connectivity index (χ3n) is 3.45. The molecule has 1 aromatic rings. The molecule has 1 aliphatic rings.